The molecule has 2 aromatic rings. The molecule has 1 saturated carbocycles. The van der Waals surface area contributed by atoms with Crippen LogP contribution in [0.4, 0.5) is 11.4 Å². The van der Waals surface area contributed by atoms with Crippen LogP contribution in [-0.4, -0.2) is 29.9 Å². The minimum atomic E-state index is -0.132. The van der Waals surface area contributed by atoms with E-state index < -0.39 is 0 Å². The summed E-state index contributed by atoms with van der Waals surface area (Å²) in [5.41, 5.74) is 3.19. The number of nitrogens with one attached hydrogen (secondary N) is 2. The summed E-state index contributed by atoms with van der Waals surface area (Å²) in [6, 6.07) is 9.52. The first kappa shape index (κ1) is 20.4. The van der Waals surface area contributed by atoms with E-state index in [4.69, 9.17) is 0 Å². The van der Waals surface area contributed by atoms with Crippen molar-refractivity contribution in [3.05, 3.63) is 53.9 Å². The first-order valence-electron chi connectivity index (χ1n) is 11.0. The van der Waals surface area contributed by atoms with Gasteiger partial charge in [-0.3, -0.25) is 14.6 Å². The average molecular weight is 407 g/mol. The quantitative estimate of drug-likeness (QED) is 0.761. The summed E-state index contributed by atoms with van der Waals surface area (Å²) in [5.74, 6) is 0.746. The van der Waals surface area contributed by atoms with Gasteiger partial charge in [-0.15, -0.1) is 0 Å². The predicted molar refractivity (Wildman–Crippen MR) is 118 cm³/mol. The van der Waals surface area contributed by atoms with Crippen molar-refractivity contribution in [3.8, 4) is 0 Å². The molecule has 1 aromatic carbocycles. The van der Waals surface area contributed by atoms with Gasteiger partial charge in [0.25, 0.3) is 5.91 Å². The fourth-order valence-electron chi connectivity index (χ4n) is 4.02. The van der Waals surface area contributed by atoms with Crippen LogP contribution in [-0.2, 0) is 11.3 Å². The molecule has 30 heavy (non-hydrogen) atoms. The Morgan fingerprint density at radius 3 is 2.60 bits per heavy atom. The maximum Gasteiger partial charge on any atom is 0.253 e. The second-order valence-electron chi connectivity index (χ2n) is 8.56. The number of benzene rings is 1. The standard InChI is InChI=1S/C24H30N4O2/c1-17-9-12-28(13-10-17)22-8-7-20(27-23(29)19-5-2-6-19)14-21(22)24(30)26-16-18-4-3-11-25-15-18/h3-4,7-8,11,14-15,17,19H,2,5-6,9-10,12-13,16H2,1H3,(H,26,30)(H,27,29). The average Bonchev–Trinajstić information content (AvgIpc) is 2.72. The molecule has 1 aromatic heterocycles. The van der Waals surface area contributed by atoms with Crippen LogP contribution in [0.2, 0.25) is 0 Å². The molecule has 2 fully saturated rings. The smallest absolute Gasteiger partial charge is 0.253 e. The van der Waals surface area contributed by atoms with Crippen molar-refractivity contribution >= 4 is 23.2 Å². The second kappa shape index (κ2) is 9.28. The molecule has 158 valence electrons. The number of pyridine rings is 1. The fourth-order valence-corrected chi connectivity index (χ4v) is 4.02. The lowest BCUT2D eigenvalue weighted by molar-refractivity contribution is -0.122. The number of piperidine rings is 1. The van der Waals surface area contributed by atoms with Gasteiger partial charge in [0.1, 0.15) is 0 Å². The first-order chi connectivity index (χ1) is 14.6. The highest BCUT2D eigenvalue weighted by Crippen LogP contribution is 2.31. The third-order valence-electron chi connectivity index (χ3n) is 6.28. The van der Waals surface area contributed by atoms with Crippen LogP contribution >= 0.6 is 0 Å². The molecular formula is C24H30N4O2. The number of nitrogens with zero attached hydrogens (tertiary/aromatic N) is 2. The van der Waals surface area contributed by atoms with Crippen LogP contribution in [0.1, 0.15) is 54.9 Å². The Bertz CT molecular complexity index is 887. The molecule has 2 heterocycles. The summed E-state index contributed by atoms with van der Waals surface area (Å²) in [4.78, 5) is 31.9. The number of aromatic nitrogens is 1. The zero-order valence-corrected chi connectivity index (χ0v) is 17.6. The van der Waals surface area contributed by atoms with Gasteiger partial charge in [0.05, 0.1) is 5.56 Å². The highest BCUT2D eigenvalue weighted by atomic mass is 16.2. The predicted octanol–water partition coefficient (Wildman–Crippen LogP) is 3.99. The maximum atomic E-state index is 13.1. The summed E-state index contributed by atoms with van der Waals surface area (Å²) in [5, 5.41) is 6.01. The van der Waals surface area contributed by atoms with Crippen LogP contribution in [0.5, 0.6) is 0 Å². The third-order valence-corrected chi connectivity index (χ3v) is 6.28. The van der Waals surface area contributed by atoms with E-state index in [0.717, 1.165) is 56.4 Å². The number of hydrogen-bond donors (Lipinski definition) is 2. The minimum absolute atomic E-state index is 0.0579. The molecule has 0 spiro atoms. The van der Waals surface area contributed by atoms with Crippen molar-refractivity contribution in [2.75, 3.05) is 23.3 Å². The van der Waals surface area contributed by atoms with Gasteiger partial charge >= 0.3 is 0 Å². The van der Waals surface area contributed by atoms with Gasteiger partial charge in [-0.05, 0) is 61.4 Å². The van der Waals surface area contributed by atoms with Gasteiger partial charge in [0, 0.05) is 49.3 Å². The number of anilines is 2. The molecule has 0 atom stereocenters. The molecule has 4 rings (SSSR count). The van der Waals surface area contributed by atoms with Gasteiger partial charge in [-0.25, -0.2) is 0 Å². The number of hydrogen-bond acceptors (Lipinski definition) is 4. The van der Waals surface area contributed by atoms with Crippen LogP contribution in [0.25, 0.3) is 0 Å². The summed E-state index contributed by atoms with van der Waals surface area (Å²) in [6.07, 6.45) is 8.74. The Balaban J connectivity index is 1.53. The topological polar surface area (TPSA) is 74.3 Å². The van der Waals surface area contributed by atoms with E-state index in [1.165, 1.54) is 0 Å². The monoisotopic (exact) mass is 406 g/mol. The molecule has 6 nitrogen and oxygen atoms in total. The fraction of sp³-hybridized carbons (Fsp3) is 0.458. The van der Waals surface area contributed by atoms with Crippen LogP contribution in [0, 0.1) is 11.8 Å². The van der Waals surface area contributed by atoms with Crippen molar-refractivity contribution < 1.29 is 9.59 Å². The minimum Gasteiger partial charge on any atom is -0.371 e. The summed E-state index contributed by atoms with van der Waals surface area (Å²) in [7, 11) is 0. The van der Waals surface area contributed by atoms with E-state index in [1.54, 1.807) is 12.4 Å². The van der Waals surface area contributed by atoms with Gasteiger partial charge in [0.15, 0.2) is 0 Å². The van der Waals surface area contributed by atoms with E-state index in [2.05, 4.69) is 27.4 Å². The third kappa shape index (κ3) is 4.81. The van der Waals surface area contributed by atoms with Gasteiger partial charge < -0.3 is 15.5 Å². The Kier molecular flexibility index (Phi) is 6.31. The second-order valence-corrected chi connectivity index (χ2v) is 8.56. The highest BCUT2D eigenvalue weighted by Gasteiger charge is 2.26. The largest absolute Gasteiger partial charge is 0.371 e. The van der Waals surface area contributed by atoms with Crippen molar-refractivity contribution in [2.45, 2.75) is 45.6 Å². The van der Waals surface area contributed by atoms with E-state index in [-0.39, 0.29) is 17.7 Å². The van der Waals surface area contributed by atoms with Gasteiger partial charge in [-0.1, -0.05) is 19.4 Å². The van der Waals surface area contributed by atoms with Gasteiger partial charge in [0.2, 0.25) is 5.91 Å². The molecule has 1 aliphatic heterocycles. The van der Waals surface area contributed by atoms with E-state index in [0.29, 0.717) is 23.7 Å². The number of amides is 2. The molecule has 1 aliphatic carbocycles. The number of carbonyl (C=O) groups is 2. The Morgan fingerprint density at radius 1 is 1.13 bits per heavy atom. The Labute approximate surface area is 178 Å². The lowest BCUT2D eigenvalue weighted by Crippen LogP contribution is -2.35. The molecule has 2 amide bonds. The number of rotatable bonds is 6. The molecule has 0 bridgehead atoms. The van der Waals surface area contributed by atoms with Crippen LogP contribution in [0.3, 0.4) is 0 Å². The van der Waals surface area contributed by atoms with Crippen molar-refractivity contribution in [2.24, 2.45) is 11.8 Å². The molecule has 0 unspecified atom stereocenters. The first-order valence-corrected chi connectivity index (χ1v) is 11.0. The van der Waals surface area contributed by atoms with Crippen LogP contribution < -0.4 is 15.5 Å². The Morgan fingerprint density at radius 2 is 1.93 bits per heavy atom. The Hall–Kier alpha value is -2.89. The molecule has 2 N–H and O–H groups in total. The zero-order valence-electron chi connectivity index (χ0n) is 17.6. The summed E-state index contributed by atoms with van der Waals surface area (Å²) >= 11 is 0. The van der Waals surface area contributed by atoms with Crippen molar-refractivity contribution in [1.82, 2.24) is 10.3 Å². The molecule has 1 saturated heterocycles. The van der Waals surface area contributed by atoms with Crippen molar-refractivity contribution in [1.29, 1.82) is 0 Å². The molecular weight excluding hydrogens is 376 g/mol. The lowest BCUT2D eigenvalue weighted by atomic mass is 9.85. The maximum absolute atomic E-state index is 13.1. The van der Waals surface area contributed by atoms with E-state index >= 15 is 0 Å². The number of carbonyl (C=O) groups excluding carboxylic acids is 2. The highest BCUT2D eigenvalue weighted by molar-refractivity contribution is 6.02. The zero-order chi connectivity index (χ0) is 20.9. The van der Waals surface area contributed by atoms with E-state index in [1.807, 2.05) is 30.3 Å². The van der Waals surface area contributed by atoms with Crippen molar-refractivity contribution in [3.63, 3.8) is 0 Å². The molecule has 6 heteroatoms. The normalized spacial score (nSPS) is 17.3. The van der Waals surface area contributed by atoms with E-state index in [9.17, 15) is 9.59 Å². The summed E-state index contributed by atoms with van der Waals surface area (Å²) < 4.78 is 0. The lowest BCUT2D eigenvalue weighted by Gasteiger charge is -2.33. The molecule has 0 radical (unpaired) electrons. The SMILES string of the molecule is CC1CCN(c2ccc(NC(=O)C3CCC3)cc2C(=O)NCc2cccnc2)CC1. The van der Waals surface area contributed by atoms with Gasteiger partial charge in [-0.2, -0.15) is 0 Å². The summed E-state index contributed by atoms with van der Waals surface area (Å²) in [6.45, 7) is 4.58. The molecule has 2 aliphatic rings. The van der Waals surface area contributed by atoms with Crippen LogP contribution in [0.15, 0.2) is 42.7 Å².